The summed E-state index contributed by atoms with van der Waals surface area (Å²) in [6.45, 7) is 1.75. The van der Waals surface area contributed by atoms with Crippen LogP contribution in [0.5, 0.6) is 11.5 Å². The summed E-state index contributed by atoms with van der Waals surface area (Å²) in [5.74, 6) is 0.129. The second-order valence-corrected chi connectivity index (χ2v) is 3.73. The third kappa shape index (κ3) is 3.28. The Labute approximate surface area is 111 Å². The van der Waals surface area contributed by atoms with Crippen molar-refractivity contribution in [2.45, 2.75) is 19.4 Å². The molecule has 0 heterocycles. The Balaban J connectivity index is 3.07. The van der Waals surface area contributed by atoms with Gasteiger partial charge in [0.05, 0.1) is 25.5 Å². The van der Waals surface area contributed by atoms with Gasteiger partial charge in [0.15, 0.2) is 17.6 Å². The summed E-state index contributed by atoms with van der Waals surface area (Å²) < 4.78 is 15.2. The molecule has 1 atom stereocenters. The number of methoxy groups -OCH3 is 2. The number of nitrogen functional groups attached to an aromatic ring is 1. The molecule has 1 rings (SSSR count). The predicted octanol–water partition coefficient (Wildman–Crippen LogP) is 1.74. The van der Waals surface area contributed by atoms with Crippen LogP contribution in [-0.2, 0) is 4.74 Å². The standard InChI is InChI=1S/C13H16N2O4/c1-4-8(7-14)19-13(16)9-5-11(17-2)12(18-3)6-10(9)15/h5-6,8H,4,15H2,1-3H3. The molecule has 2 N–H and O–H groups in total. The van der Waals surface area contributed by atoms with E-state index < -0.39 is 12.1 Å². The van der Waals surface area contributed by atoms with E-state index in [0.717, 1.165) is 0 Å². The average Bonchev–Trinajstić information content (AvgIpc) is 2.43. The lowest BCUT2D eigenvalue weighted by molar-refractivity contribution is 0.0402. The molecule has 102 valence electrons. The van der Waals surface area contributed by atoms with E-state index in [9.17, 15) is 4.79 Å². The van der Waals surface area contributed by atoms with Gasteiger partial charge in [0.2, 0.25) is 0 Å². The molecule has 0 saturated heterocycles. The fourth-order valence-corrected chi connectivity index (χ4v) is 1.47. The molecule has 0 spiro atoms. The van der Waals surface area contributed by atoms with Crippen molar-refractivity contribution >= 4 is 11.7 Å². The van der Waals surface area contributed by atoms with E-state index in [1.807, 2.05) is 6.07 Å². The van der Waals surface area contributed by atoms with Crippen molar-refractivity contribution in [1.82, 2.24) is 0 Å². The van der Waals surface area contributed by atoms with Crippen molar-refractivity contribution < 1.29 is 19.0 Å². The number of benzene rings is 1. The van der Waals surface area contributed by atoms with Crippen molar-refractivity contribution in [3.05, 3.63) is 17.7 Å². The number of esters is 1. The number of rotatable bonds is 5. The Morgan fingerprint density at radius 3 is 2.42 bits per heavy atom. The number of nitrogens with zero attached hydrogens (tertiary/aromatic N) is 1. The zero-order valence-electron chi connectivity index (χ0n) is 11.1. The molecule has 0 aromatic heterocycles. The Morgan fingerprint density at radius 2 is 1.95 bits per heavy atom. The van der Waals surface area contributed by atoms with Crippen LogP contribution in [0.25, 0.3) is 0 Å². The molecule has 1 aromatic carbocycles. The molecule has 0 saturated carbocycles. The molecule has 0 bridgehead atoms. The predicted molar refractivity (Wildman–Crippen MR) is 69.1 cm³/mol. The number of hydrogen-bond donors (Lipinski definition) is 1. The fraction of sp³-hybridized carbons (Fsp3) is 0.385. The minimum Gasteiger partial charge on any atom is -0.493 e. The van der Waals surface area contributed by atoms with Crippen LogP contribution >= 0.6 is 0 Å². The summed E-state index contributed by atoms with van der Waals surface area (Å²) in [6, 6.07) is 4.79. The Morgan fingerprint density at radius 1 is 1.37 bits per heavy atom. The first-order valence-corrected chi connectivity index (χ1v) is 5.69. The average molecular weight is 264 g/mol. The SMILES string of the molecule is CCC(C#N)OC(=O)c1cc(OC)c(OC)cc1N. The van der Waals surface area contributed by atoms with E-state index in [1.54, 1.807) is 6.92 Å². The van der Waals surface area contributed by atoms with Crippen molar-refractivity contribution in [2.75, 3.05) is 20.0 Å². The zero-order chi connectivity index (χ0) is 14.4. The highest BCUT2D eigenvalue weighted by Crippen LogP contribution is 2.32. The van der Waals surface area contributed by atoms with Crippen LogP contribution in [0.2, 0.25) is 0 Å². The molecule has 1 aromatic rings. The lowest BCUT2D eigenvalue weighted by atomic mass is 10.1. The third-order valence-corrected chi connectivity index (χ3v) is 2.54. The van der Waals surface area contributed by atoms with Gasteiger partial charge >= 0.3 is 5.97 Å². The minimum atomic E-state index is -0.792. The van der Waals surface area contributed by atoms with Gasteiger partial charge in [0.1, 0.15) is 6.07 Å². The van der Waals surface area contributed by atoms with Crippen molar-refractivity contribution in [1.29, 1.82) is 5.26 Å². The van der Waals surface area contributed by atoms with Gasteiger partial charge in [-0.05, 0) is 6.42 Å². The molecular formula is C13H16N2O4. The van der Waals surface area contributed by atoms with E-state index in [4.69, 9.17) is 25.2 Å². The van der Waals surface area contributed by atoms with Crippen LogP contribution in [0.4, 0.5) is 5.69 Å². The van der Waals surface area contributed by atoms with Gasteiger partial charge in [0, 0.05) is 12.1 Å². The van der Waals surface area contributed by atoms with Crippen LogP contribution in [0, 0.1) is 11.3 Å². The Bertz CT molecular complexity index is 508. The molecule has 6 nitrogen and oxygen atoms in total. The second-order valence-electron chi connectivity index (χ2n) is 3.73. The monoisotopic (exact) mass is 264 g/mol. The molecule has 0 aliphatic carbocycles. The number of hydrogen-bond acceptors (Lipinski definition) is 6. The first-order chi connectivity index (χ1) is 9.07. The molecule has 0 fully saturated rings. The molecule has 0 aliphatic heterocycles. The molecule has 1 unspecified atom stereocenters. The third-order valence-electron chi connectivity index (χ3n) is 2.54. The maximum absolute atomic E-state index is 11.9. The van der Waals surface area contributed by atoms with Gasteiger partial charge in [0.25, 0.3) is 0 Å². The fourth-order valence-electron chi connectivity index (χ4n) is 1.47. The van der Waals surface area contributed by atoms with E-state index in [2.05, 4.69) is 0 Å². The van der Waals surface area contributed by atoms with Crippen LogP contribution in [0.1, 0.15) is 23.7 Å². The summed E-state index contributed by atoms with van der Waals surface area (Å²) in [7, 11) is 2.92. The Hall–Kier alpha value is -2.42. The van der Waals surface area contributed by atoms with E-state index in [-0.39, 0.29) is 11.3 Å². The lowest BCUT2D eigenvalue weighted by Crippen LogP contribution is -2.17. The van der Waals surface area contributed by atoms with Crippen molar-refractivity contribution in [3.63, 3.8) is 0 Å². The summed E-state index contributed by atoms with van der Waals surface area (Å²) in [4.78, 5) is 11.9. The van der Waals surface area contributed by atoms with Crippen molar-refractivity contribution in [3.8, 4) is 17.6 Å². The van der Waals surface area contributed by atoms with Crippen LogP contribution < -0.4 is 15.2 Å². The largest absolute Gasteiger partial charge is 0.493 e. The van der Waals surface area contributed by atoms with Crippen LogP contribution in [0.3, 0.4) is 0 Å². The van der Waals surface area contributed by atoms with Gasteiger partial charge in [-0.3, -0.25) is 0 Å². The van der Waals surface area contributed by atoms with Crippen LogP contribution in [-0.4, -0.2) is 26.3 Å². The molecule has 6 heteroatoms. The first kappa shape index (κ1) is 14.6. The number of ether oxygens (including phenoxy) is 3. The van der Waals surface area contributed by atoms with Gasteiger partial charge < -0.3 is 19.9 Å². The summed E-state index contributed by atoms with van der Waals surface area (Å²) in [6.07, 6.45) is -0.380. The van der Waals surface area contributed by atoms with E-state index in [0.29, 0.717) is 17.9 Å². The molecular weight excluding hydrogens is 248 g/mol. The van der Waals surface area contributed by atoms with Gasteiger partial charge in [-0.2, -0.15) is 5.26 Å². The topological polar surface area (TPSA) is 94.6 Å². The van der Waals surface area contributed by atoms with Crippen LogP contribution in [0.15, 0.2) is 12.1 Å². The van der Waals surface area contributed by atoms with E-state index >= 15 is 0 Å². The highest BCUT2D eigenvalue weighted by molar-refractivity contribution is 5.96. The zero-order valence-corrected chi connectivity index (χ0v) is 11.1. The summed E-state index contributed by atoms with van der Waals surface area (Å²) >= 11 is 0. The maximum atomic E-state index is 11.9. The maximum Gasteiger partial charge on any atom is 0.341 e. The smallest absolute Gasteiger partial charge is 0.341 e. The number of carbonyl (C=O) groups excluding carboxylic acids is 1. The normalized spacial score (nSPS) is 11.3. The highest BCUT2D eigenvalue weighted by Gasteiger charge is 2.19. The minimum absolute atomic E-state index is 0.145. The lowest BCUT2D eigenvalue weighted by Gasteiger charge is -2.13. The number of anilines is 1. The van der Waals surface area contributed by atoms with E-state index in [1.165, 1.54) is 26.4 Å². The molecule has 0 aliphatic rings. The quantitative estimate of drug-likeness (QED) is 0.643. The van der Waals surface area contributed by atoms with Gasteiger partial charge in [-0.1, -0.05) is 6.92 Å². The molecule has 0 amide bonds. The second kappa shape index (κ2) is 6.50. The molecule has 19 heavy (non-hydrogen) atoms. The van der Waals surface area contributed by atoms with Gasteiger partial charge in [-0.25, -0.2) is 4.79 Å². The van der Waals surface area contributed by atoms with Gasteiger partial charge in [-0.15, -0.1) is 0 Å². The number of nitrogens with two attached hydrogens (primary N) is 1. The number of carbonyl (C=O) groups is 1. The highest BCUT2D eigenvalue weighted by atomic mass is 16.5. The molecule has 0 radical (unpaired) electrons. The summed E-state index contributed by atoms with van der Waals surface area (Å²) in [5.41, 5.74) is 6.11. The first-order valence-electron chi connectivity index (χ1n) is 5.69. The number of nitriles is 1. The Kier molecular flexibility index (Phi) is 5.01. The summed E-state index contributed by atoms with van der Waals surface area (Å²) in [5, 5.41) is 8.77. The van der Waals surface area contributed by atoms with Crippen molar-refractivity contribution in [2.24, 2.45) is 0 Å².